The highest BCUT2D eigenvalue weighted by Crippen LogP contribution is 2.38. The topological polar surface area (TPSA) is 32.7 Å². The van der Waals surface area contributed by atoms with Crippen molar-refractivity contribution in [3.8, 4) is 0 Å². The van der Waals surface area contributed by atoms with Gasteiger partial charge in [-0.25, -0.2) is 0 Å². The number of ether oxygens (including phenoxy) is 1. The van der Waals surface area contributed by atoms with Crippen molar-refractivity contribution in [2.75, 3.05) is 32.8 Å². The second-order valence-corrected chi connectivity index (χ2v) is 7.22. The summed E-state index contributed by atoms with van der Waals surface area (Å²) in [6.07, 6.45) is 3.81. The molecular formula is C23H32ClNO2. The Morgan fingerprint density at radius 1 is 0.926 bits per heavy atom. The summed E-state index contributed by atoms with van der Waals surface area (Å²) in [6.45, 7) is 6.30. The van der Waals surface area contributed by atoms with Gasteiger partial charge in [-0.2, -0.15) is 0 Å². The Labute approximate surface area is 169 Å². The highest BCUT2D eigenvalue weighted by molar-refractivity contribution is 5.85. The second kappa shape index (κ2) is 10.8. The van der Waals surface area contributed by atoms with Crippen LogP contribution in [-0.4, -0.2) is 42.9 Å². The summed E-state index contributed by atoms with van der Waals surface area (Å²) in [6, 6.07) is 20.1. The minimum Gasteiger partial charge on any atom is -0.381 e. The first-order chi connectivity index (χ1) is 12.7. The molecule has 1 N–H and O–H groups in total. The third-order valence-electron chi connectivity index (χ3n) is 5.47. The highest BCUT2D eigenvalue weighted by atomic mass is 35.5. The number of rotatable bonds is 8. The quantitative estimate of drug-likeness (QED) is 0.722. The number of piperidine rings is 1. The van der Waals surface area contributed by atoms with Crippen molar-refractivity contribution in [3.63, 3.8) is 0 Å². The van der Waals surface area contributed by atoms with Gasteiger partial charge in [-0.1, -0.05) is 67.1 Å². The summed E-state index contributed by atoms with van der Waals surface area (Å²) in [5, 5.41) is 12.1. The molecule has 3 nitrogen and oxygen atoms in total. The van der Waals surface area contributed by atoms with E-state index >= 15 is 0 Å². The lowest BCUT2D eigenvalue weighted by Crippen LogP contribution is -2.46. The maximum Gasteiger partial charge on any atom is 0.121 e. The van der Waals surface area contributed by atoms with Crippen LogP contribution in [0.15, 0.2) is 60.7 Å². The van der Waals surface area contributed by atoms with E-state index in [0.717, 1.165) is 30.8 Å². The minimum absolute atomic E-state index is 0. The first-order valence-electron chi connectivity index (χ1n) is 9.88. The van der Waals surface area contributed by atoms with Crippen molar-refractivity contribution < 1.29 is 9.84 Å². The Morgan fingerprint density at radius 2 is 1.44 bits per heavy atom. The fourth-order valence-corrected chi connectivity index (χ4v) is 4.04. The van der Waals surface area contributed by atoms with Gasteiger partial charge < -0.3 is 14.7 Å². The number of likely N-dealkylation sites (tertiary alicyclic amines) is 1. The predicted molar refractivity (Wildman–Crippen MR) is 113 cm³/mol. The number of halogens is 1. The zero-order valence-electron chi connectivity index (χ0n) is 16.2. The Morgan fingerprint density at radius 3 is 1.93 bits per heavy atom. The van der Waals surface area contributed by atoms with Gasteiger partial charge >= 0.3 is 0 Å². The van der Waals surface area contributed by atoms with Crippen molar-refractivity contribution in [1.29, 1.82) is 0 Å². The van der Waals surface area contributed by atoms with Gasteiger partial charge in [-0.3, -0.25) is 0 Å². The number of benzene rings is 2. The van der Waals surface area contributed by atoms with Gasteiger partial charge in [0.25, 0.3) is 0 Å². The molecule has 4 heteroatoms. The molecular weight excluding hydrogens is 358 g/mol. The largest absolute Gasteiger partial charge is 0.381 e. The molecule has 1 unspecified atom stereocenters. The van der Waals surface area contributed by atoms with Crippen molar-refractivity contribution >= 4 is 12.4 Å². The van der Waals surface area contributed by atoms with Crippen LogP contribution in [0.2, 0.25) is 0 Å². The fourth-order valence-electron chi connectivity index (χ4n) is 4.04. The van der Waals surface area contributed by atoms with Gasteiger partial charge in [0, 0.05) is 19.1 Å². The van der Waals surface area contributed by atoms with Crippen LogP contribution in [0.3, 0.4) is 0 Å². The number of hydrogen-bond acceptors (Lipinski definition) is 3. The maximum atomic E-state index is 12.1. The molecule has 3 rings (SSSR count). The predicted octanol–water partition coefficient (Wildman–Crippen LogP) is 4.48. The van der Waals surface area contributed by atoms with Crippen LogP contribution in [0.4, 0.5) is 0 Å². The van der Waals surface area contributed by atoms with Gasteiger partial charge in [-0.15, -0.1) is 12.4 Å². The Balaban J connectivity index is 0.00000261. The summed E-state index contributed by atoms with van der Waals surface area (Å²) in [7, 11) is 0. The Hall–Kier alpha value is -1.39. The molecule has 0 spiro atoms. The second-order valence-electron chi connectivity index (χ2n) is 7.22. The third-order valence-corrected chi connectivity index (χ3v) is 5.47. The molecule has 1 aliphatic rings. The highest BCUT2D eigenvalue weighted by Gasteiger charge is 2.41. The molecule has 1 atom stereocenters. The zero-order chi connectivity index (χ0) is 18.2. The summed E-state index contributed by atoms with van der Waals surface area (Å²) in [4.78, 5) is 2.49. The van der Waals surface area contributed by atoms with E-state index in [2.05, 4.69) is 4.90 Å². The normalized spacial score (nSPS) is 16.5. The molecule has 0 aromatic heterocycles. The summed E-state index contributed by atoms with van der Waals surface area (Å²) in [5.41, 5.74) is 0.815. The SMILES string of the molecule is CCOCC(CN1CCCCC1)C(O)(c1ccccc1)c1ccccc1.Cl. The molecule has 27 heavy (non-hydrogen) atoms. The first kappa shape index (κ1) is 21.9. The lowest BCUT2D eigenvalue weighted by molar-refractivity contribution is -0.0437. The lowest BCUT2D eigenvalue weighted by Gasteiger charge is -2.40. The number of hydrogen-bond donors (Lipinski definition) is 1. The van der Waals surface area contributed by atoms with E-state index in [9.17, 15) is 5.11 Å². The zero-order valence-corrected chi connectivity index (χ0v) is 17.0. The fraction of sp³-hybridized carbons (Fsp3) is 0.478. The summed E-state index contributed by atoms with van der Waals surface area (Å²) >= 11 is 0. The van der Waals surface area contributed by atoms with Crippen LogP contribution in [0, 0.1) is 5.92 Å². The monoisotopic (exact) mass is 389 g/mol. The van der Waals surface area contributed by atoms with Crippen LogP contribution in [0.1, 0.15) is 37.3 Å². The molecule has 2 aromatic rings. The Kier molecular flexibility index (Phi) is 8.78. The van der Waals surface area contributed by atoms with E-state index < -0.39 is 5.60 Å². The van der Waals surface area contributed by atoms with E-state index in [4.69, 9.17) is 4.74 Å². The molecule has 1 aliphatic heterocycles. The van der Waals surface area contributed by atoms with Gasteiger partial charge in [0.2, 0.25) is 0 Å². The average Bonchev–Trinajstić information content (AvgIpc) is 2.72. The van der Waals surface area contributed by atoms with Gasteiger partial charge in [0.05, 0.1) is 6.61 Å². The molecule has 0 saturated carbocycles. The molecule has 2 aromatic carbocycles. The van der Waals surface area contributed by atoms with Crippen LogP contribution in [-0.2, 0) is 10.3 Å². The first-order valence-corrected chi connectivity index (χ1v) is 9.88. The van der Waals surface area contributed by atoms with Crippen molar-refractivity contribution in [2.45, 2.75) is 31.8 Å². The maximum absolute atomic E-state index is 12.1. The van der Waals surface area contributed by atoms with Crippen LogP contribution >= 0.6 is 12.4 Å². The summed E-state index contributed by atoms with van der Waals surface area (Å²) in [5.74, 6) is -0.0228. The van der Waals surface area contributed by atoms with Crippen molar-refractivity contribution in [1.82, 2.24) is 4.90 Å². The summed E-state index contributed by atoms with van der Waals surface area (Å²) < 4.78 is 5.84. The minimum atomic E-state index is -1.06. The van der Waals surface area contributed by atoms with E-state index in [-0.39, 0.29) is 18.3 Å². The molecule has 0 radical (unpaired) electrons. The van der Waals surface area contributed by atoms with E-state index in [1.807, 2.05) is 67.6 Å². The molecule has 0 bridgehead atoms. The molecule has 1 heterocycles. The molecule has 0 aliphatic carbocycles. The standard InChI is InChI=1S/C23H31NO2.ClH/c1-2-26-19-22(18-24-16-10-5-11-17-24)23(25,20-12-6-3-7-13-20)21-14-8-4-9-15-21;/h3-4,6-9,12-15,22,25H,2,5,10-11,16-19H2,1H3;1H. The number of aliphatic hydroxyl groups is 1. The molecule has 148 valence electrons. The van der Waals surface area contributed by atoms with Crippen molar-refractivity contribution in [3.05, 3.63) is 71.8 Å². The van der Waals surface area contributed by atoms with Crippen molar-refractivity contribution in [2.24, 2.45) is 5.92 Å². The smallest absolute Gasteiger partial charge is 0.121 e. The van der Waals surface area contributed by atoms with E-state index in [0.29, 0.717) is 13.2 Å². The number of nitrogens with zero attached hydrogens (tertiary/aromatic N) is 1. The third kappa shape index (κ3) is 5.32. The lowest BCUT2D eigenvalue weighted by atomic mass is 9.76. The van der Waals surface area contributed by atoms with Crippen LogP contribution in [0.5, 0.6) is 0 Å². The Bertz CT molecular complexity index is 604. The van der Waals surface area contributed by atoms with Crippen LogP contribution < -0.4 is 0 Å². The van der Waals surface area contributed by atoms with E-state index in [1.54, 1.807) is 0 Å². The van der Waals surface area contributed by atoms with Gasteiger partial charge in [0.15, 0.2) is 0 Å². The molecule has 1 saturated heterocycles. The molecule has 1 fully saturated rings. The van der Waals surface area contributed by atoms with E-state index in [1.165, 1.54) is 19.3 Å². The molecule has 0 amide bonds. The van der Waals surface area contributed by atoms with Gasteiger partial charge in [0.1, 0.15) is 5.60 Å². The van der Waals surface area contributed by atoms with Crippen LogP contribution in [0.25, 0.3) is 0 Å². The van der Waals surface area contributed by atoms with Gasteiger partial charge in [-0.05, 0) is 44.0 Å². The average molecular weight is 390 g/mol.